The van der Waals surface area contributed by atoms with Gasteiger partial charge in [0.1, 0.15) is 10.6 Å². The van der Waals surface area contributed by atoms with Gasteiger partial charge in [-0.25, -0.2) is 13.4 Å². The van der Waals surface area contributed by atoms with Crippen LogP contribution in [0.5, 0.6) is 5.75 Å². The Kier molecular flexibility index (Phi) is 7.48. The van der Waals surface area contributed by atoms with E-state index in [1.54, 1.807) is 35.6 Å². The highest BCUT2D eigenvalue weighted by molar-refractivity contribution is 7.92. The number of hydrogen-bond donors (Lipinski definition) is 1. The first-order valence-corrected chi connectivity index (χ1v) is 14.1. The number of thiazole rings is 1. The molecule has 1 aliphatic carbocycles. The number of nitrogens with zero attached hydrogens (tertiary/aromatic N) is 2. The lowest BCUT2D eigenvalue weighted by Gasteiger charge is -2.30. The van der Waals surface area contributed by atoms with Gasteiger partial charge >= 0.3 is 0 Å². The Morgan fingerprint density at radius 1 is 1.12 bits per heavy atom. The summed E-state index contributed by atoms with van der Waals surface area (Å²) in [4.78, 5) is 8.21. The van der Waals surface area contributed by atoms with Crippen molar-refractivity contribution in [1.82, 2.24) is 4.98 Å². The Labute approximate surface area is 207 Å². The molecule has 1 heterocycles. The Balaban J connectivity index is 1.65. The van der Waals surface area contributed by atoms with Crippen LogP contribution in [-0.2, 0) is 16.4 Å². The average molecular weight is 500 g/mol. The fraction of sp³-hybridized carbons (Fsp3) is 0.423. The summed E-state index contributed by atoms with van der Waals surface area (Å²) in [5.74, 6) is 0.308. The Hall–Kier alpha value is -2.58. The summed E-state index contributed by atoms with van der Waals surface area (Å²) in [5.41, 5.74) is 3.40. The zero-order chi connectivity index (χ0) is 24.3. The molecule has 0 atom stereocenters. The molecule has 0 amide bonds. The van der Waals surface area contributed by atoms with Crippen LogP contribution in [-0.4, -0.2) is 33.6 Å². The molecule has 1 aromatic heterocycles. The smallest absolute Gasteiger partial charge is 0.265 e. The summed E-state index contributed by atoms with van der Waals surface area (Å²) in [5, 5.41) is 0.980. The Morgan fingerprint density at radius 3 is 2.47 bits per heavy atom. The van der Waals surface area contributed by atoms with Gasteiger partial charge < -0.3 is 9.64 Å². The molecule has 1 fully saturated rings. The van der Waals surface area contributed by atoms with Crippen LogP contribution >= 0.6 is 11.3 Å². The van der Waals surface area contributed by atoms with Crippen LogP contribution in [0.3, 0.4) is 0 Å². The molecule has 0 bridgehead atoms. The van der Waals surface area contributed by atoms with E-state index < -0.39 is 10.0 Å². The zero-order valence-electron chi connectivity index (χ0n) is 20.3. The van der Waals surface area contributed by atoms with Crippen LogP contribution in [0.1, 0.15) is 50.3 Å². The van der Waals surface area contributed by atoms with E-state index in [-0.39, 0.29) is 4.90 Å². The molecule has 8 heteroatoms. The summed E-state index contributed by atoms with van der Waals surface area (Å²) in [6.45, 7) is 4.05. The maximum absolute atomic E-state index is 13.3. The third kappa shape index (κ3) is 5.23. The topological polar surface area (TPSA) is 71.5 Å². The van der Waals surface area contributed by atoms with E-state index in [2.05, 4.69) is 23.6 Å². The van der Waals surface area contributed by atoms with Crippen molar-refractivity contribution in [1.29, 1.82) is 0 Å². The van der Waals surface area contributed by atoms with Crippen molar-refractivity contribution in [2.24, 2.45) is 0 Å². The molecule has 4 rings (SSSR count). The fourth-order valence-electron chi connectivity index (χ4n) is 4.47. The molecule has 0 spiro atoms. The predicted molar refractivity (Wildman–Crippen MR) is 141 cm³/mol. The highest BCUT2D eigenvalue weighted by atomic mass is 32.2. The van der Waals surface area contributed by atoms with Crippen molar-refractivity contribution in [3.63, 3.8) is 0 Å². The molecular weight excluding hydrogens is 466 g/mol. The van der Waals surface area contributed by atoms with Crippen molar-refractivity contribution < 1.29 is 13.2 Å². The molecule has 0 unspecified atom stereocenters. The van der Waals surface area contributed by atoms with Gasteiger partial charge in [-0.15, -0.1) is 0 Å². The summed E-state index contributed by atoms with van der Waals surface area (Å²) in [6.07, 6.45) is 7.13. The van der Waals surface area contributed by atoms with Gasteiger partial charge in [0.15, 0.2) is 5.13 Å². The van der Waals surface area contributed by atoms with Crippen LogP contribution in [0.25, 0.3) is 10.4 Å². The summed E-state index contributed by atoms with van der Waals surface area (Å²) in [7, 11) is -0.241. The second-order valence-electron chi connectivity index (χ2n) is 8.84. The molecule has 0 radical (unpaired) electrons. The number of benzene rings is 2. The average Bonchev–Trinajstić information content (AvgIpc) is 3.25. The normalized spacial score (nSPS) is 14.7. The molecule has 0 aliphatic heterocycles. The highest BCUT2D eigenvalue weighted by Crippen LogP contribution is 2.39. The van der Waals surface area contributed by atoms with Crippen LogP contribution in [0, 0.1) is 6.92 Å². The number of ether oxygens (including phenoxy) is 1. The number of methoxy groups -OCH3 is 1. The van der Waals surface area contributed by atoms with Crippen molar-refractivity contribution in [3.05, 3.63) is 53.7 Å². The molecule has 3 aromatic rings. The van der Waals surface area contributed by atoms with Gasteiger partial charge in [-0.2, -0.15) is 0 Å². The van der Waals surface area contributed by atoms with Crippen LogP contribution < -0.4 is 14.4 Å². The number of rotatable bonds is 8. The van der Waals surface area contributed by atoms with Gasteiger partial charge in [-0.05, 0) is 67.6 Å². The van der Waals surface area contributed by atoms with Crippen LogP contribution in [0.2, 0.25) is 0 Å². The van der Waals surface area contributed by atoms with Gasteiger partial charge in [0.25, 0.3) is 10.0 Å². The minimum atomic E-state index is -3.85. The number of anilines is 2. The Bertz CT molecular complexity index is 1230. The molecule has 6 nitrogen and oxygen atoms in total. The third-order valence-corrected chi connectivity index (χ3v) is 9.24. The van der Waals surface area contributed by atoms with E-state index in [0.717, 1.165) is 33.3 Å². The first kappa shape index (κ1) is 24.5. The third-order valence-electron chi connectivity index (χ3n) is 6.54. The van der Waals surface area contributed by atoms with Gasteiger partial charge in [0.05, 0.1) is 17.7 Å². The molecule has 1 saturated carbocycles. The molecule has 2 aromatic carbocycles. The largest absolute Gasteiger partial charge is 0.495 e. The first-order chi connectivity index (χ1) is 16.3. The van der Waals surface area contributed by atoms with E-state index in [4.69, 9.17) is 9.72 Å². The summed E-state index contributed by atoms with van der Waals surface area (Å²) in [6, 6.07) is 13.2. The van der Waals surface area contributed by atoms with Crippen molar-refractivity contribution in [3.8, 4) is 16.2 Å². The number of aromatic nitrogens is 1. The monoisotopic (exact) mass is 499 g/mol. The molecule has 1 N–H and O–H groups in total. The van der Waals surface area contributed by atoms with Crippen LogP contribution in [0.4, 0.5) is 10.8 Å². The molecule has 182 valence electrons. The maximum Gasteiger partial charge on any atom is 0.265 e. The lowest BCUT2D eigenvalue weighted by Crippen LogP contribution is -2.33. The van der Waals surface area contributed by atoms with Crippen molar-refractivity contribution in [2.45, 2.75) is 63.3 Å². The van der Waals surface area contributed by atoms with E-state index >= 15 is 0 Å². The summed E-state index contributed by atoms with van der Waals surface area (Å²) >= 11 is 1.61. The van der Waals surface area contributed by atoms with Crippen molar-refractivity contribution in [2.75, 3.05) is 23.8 Å². The van der Waals surface area contributed by atoms with E-state index in [1.807, 2.05) is 25.1 Å². The summed E-state index contributed by atoms with van der Waals surface area (Å²) < 4.78 is 34.7. The second kappa shape index (κ2) is 10.4. The molecular formula is C26H33N3O3S2. The number of nitrogens with one attached hydrogen (secondary N) is 1. The van der Waals surface area contributed by atoms with E-state index in [9.17, 15) is 8.42 Å². The SMILES string of the molecule is CCc1ccc(NS(=O)(=O)c2cc(-c3sc(N(C)C4CCCCC4)nc3C)ccc2OC)cc1. The minimum absolute atomic E-state index is 0.113. The quantitative estimate of drug-likeness (QED) is 0.396. The van der Waals surface area contributed by atoms with Gasteiger partial charge in [-0.3, -0.25) is 4.72 Å². The van der Waals surface area contributed by atoms with Gasteiger partial charge in [0.2, 0.25) is 0 Å². The van der Waals surface area contributed by atoms with E-state index in [1.165, 1.54) is 39.2 Å². The lowest BCUT2D eigenvalue weighted by molar-refractivity contribution is 0.403. The number of sulfonamides is 1. The number of hydrogen-bond acceptors (Lipinski definition) is 6. The highest BCUT2D eigenvalue weighted by Gasteiger charge is 2.24. The van der Waals surface area contributed by atoms with Crippen molar-refractivity contribution >= 4 is 32.2 Å². The second-order valence-corrected chi connectivity index (χ2v) is 11.5. The minimum Gasteiger partial charge on any atom is -0.495 e. The van der Waals surface area contributed by atoms with Gasteiger partial charge in [0, 0.05) is 18.8 Å². The predicted octanol–water partition coefficient (Wildman–Crippen LogP) is 6.26. The number of aryl methyl sites for hydroxylation is 2. The Morgan fingerprint density at radius 2 is 1.82 bits per heavy atom. The fourth-order valence-corrected chi connectivity index (χ4v) is 6.82. The maximum atomic E-state index is 13.3. The first-order valence-electron chi connectivity index (χ1n) is 11.8. The molecule has 34 heavy (non-hydrogen) atoms. The van der Waals surface area contributed by atoms with Gasteiger partial charge in [-0.1, -0.05) is 49.7 Å². The zero-order valence-corrected chi connectivity index (χ0v) is 21.9. The molecule has 0 saturated heterocycles. The van der Waals surface area contributed by atoms with Crippen LogP contribution in [0.15, 0.2) is 47.4 Å². The standard InChI is InChI=1S/C26H33N3O3S2/c1-5-19-11-14-21(15-12-19)28-34(30,31)24-17-20(13-16-23(24)32-4)25-18(2)27-26(33-25)29(3)22-9-7-6-8-10-22/h11-17,22,28H,5-10H2,1-4H3. The lowest BCUT2D eigenvalue weighted by atomic mass is 9.95. The molecule has 1 aliphatic rings. The van der Waals surface area contributed by atoms with E-state index in [0.29, 0.717) is 17.5 Å².